The van der Waals surface area contributed by atoms with Crippen LogP contribution in [-0.4, -0.2) is 18.8 Å². The van der Waals surface area contributed by atoms with E-state index < -0.39 is 0 Å². The predicted octanol–water partition coefficient (Wildman–Crippen LogP) is 2.96. The van der Waals surface area contributed by atoms with Crippen molar-refractivity contribution in [2.24, 2.45) is 0 Å². The fourth-order valence-corrected chi connectivity index (χ4v) is 2.43. The second-order valence-electron chi connectivity index (χ2n) is 5.44. The van der Waals surface area contributed by atoms with Crippen molar-refractivity contribution >= 4 is 0 Å². The van der Waals surface area contributed by atoms with Crippen LogP contribution in [-0.2, 0) is 11.3 Å². The van der Waals surface area contributed by atoms with Gasteiger partial charge in [-0.15, -0.1) is 0 Å². The Morgan fingerprint density at radius 3 is 2.88 bits per heavy atom. The summed E-state index contributed by atoms with van der Waals surface area (Å²) in [6.45, 7) is 9.32. The minimum Gasteiger partial charge on any atom is -0.374 e. The van der Waals surface area contributed by atoms with Crippen LogP contribution in [0.5, 0.6) is 0 Å². The van der Waals surface area contributed by atoms with E-state index in [0.29, 0.717) is 0 Å². The number of aryl methyl sites for hydroxylation is 2. The summed E-state index contributed by atoms with van der Waals surface area (Å²) >= 11 is 0. The highest BCUT2D eigenvalue weighted by Crippen LogP contribution is 2.24. The Hall–Kier alpha value is -0.860. The van der Waals surface area contributed by atoms with Gasteiger partial charge in [-0.1, -0.05) is 23.8 Å². The van der Waals surface area contributed by atoms with E-state index in [2.05, 4.69) is 44.3 Å². The molecule has 1 atom stereocenters. The highest BCUT2D eigenvalue weighted by atomic mass is 16.5. The van der Waals surface area contributed by atoms with Crippen LogP contribution in [0.3, 0.4) is 0 Å². The molecule has 0 bridgehead atoms. The van der Waals surface area contributed by atoms with Gasteiger partial charge in [-0.25, -0.2) is 0 Å². The summed E-state index contributed by atoms with van der Waals surface area (Å²) in [6.07, 6.45) is 2.37. The van der Waals surface area contributed by atoms with Crippen molar-refractivity contribution in [2.75, 3.05) is 13.2 Å². The van der Waals surface area contributed by atoms with Crippen LogP contribution in [0.4, 0.5) is 0 Å². The molecule has 2 heteroatoms. The lowest BCUT2D eigenvalue weighted by atomic mass is 10.0. The van der Waals surface area contributed by atoms with Crippen LogP contribution in [0.25, 0.3) is 0 Å². The second-order valence-corrected chi connectivity index (χ2v) is 5.44. The van der Waals surface area contributed by atoms with Gasteiger partial charge in [0.15, 0.2) is 0 Å². The maximum atomic E-state index is 5.77. The van der Waals surface area contributed by atoms with E-state index in [9.17, 15) is 0 Å². The minimum absolute atomic E-state index is 0.0533. The Labute approximate surface area is 104 Å². The molecule has 0 amide bonds. The molecule has 1 fully saturated rings. The molecule has 1 N–H and O–H groups in total. The first-order valence-corrected chi connectivity index (χ1v) is 6.50. The van der Waals surface area contributed by atoms with Gasteiger partial charge in [-0.05, 0) is 44.7 Å². The Kier molecular flexibility index (Phi) is 3.85. The Bertz CT molecular complexity index is 381. The maximum Gasteiger partial charge on any atom is 0.0779 e. The van der Waals surface area contributed by atoms with Gasteiger partial charge in [-0.3, -0.25) is 0 Å². The molecule has 1 aliphatic rings. The Balaban J connectivity index is 1.87. The molecule has 0 aliphatic carbocycles. The zero-order valence-corrected chi connectivity index (χ0v) is 11.2. The summed E-state index contributed by atoms with van der Waals surface area (Å²) in [4.78, 5) is 0. The van der Waals surface area contributed by atoms with Crippen molar-refractivity contribution in [1.82, 2.24) is 5.32 Å². The van der Waals surface area contributed by atoms with Gasteiger partial charge in [0.1, 0.15) is 0 Å². The Morgan fingerprint density at radius 1 is 1.35 bits per heavy atom. The highest BCUT2D eigenvalue weighted by molar-refractivity contribution is 5.30. The number of nitrogens with one attached hydrogen (secondary N) is 1. The largest absolute Gasteiger partial charge is 0.374 e. The van der Waals surface area contributed by atoms with Crippen LogP contribution >= 0.6 is 0 Å². The van der Waals surface area contributed by atoms with Crippen molar-refractivity contribution in [3.63, 3.8) is 0 Å². The van der Waals surface area contributed by atoms with Crippen LogP contribution in [0, 0.1) is 13.8 Å². The summed E-state index contributed by atoms with van der Waals surface area (Å²) < 4.78 is 5.77. The summed E-state index contributed by atoms with van der Waals surface area (Å²) in [7, 11) is 0. The van der Waals surface area contributed by atoms with Gasteiger partial charge in [0, 0.05) is 19.7 Å². The summed E-state index contributed by atoms with van der Waals surface area (Å²) in [5, 5.41) is 3.53. The topological polar surface area (TPSA) is 21.3 Å². The van der Waals surface area contributed by atoms with Gasteiger partial charge < -0.3 is 10.1 Å². The fourth-order valence-electron chi connectivity index (χ4n) is 2.43. The molecule has 2 nitrogen and oxygen atoms in total. The zero-order valence-electron chi connectivity index (χ0n) is 11.2. The number of ether oxygens (including phenoxy) is 1. The van der Waals surface area contributed by atoms with Crippen molar-refractivity contribution < 1.29 is 4.74 Å². The predicted molar refractivity (Wildman–Crippen MR) is 71.2 cm³/mol. The van der Waals surface area contributed by atoms with E-state index in [-0.39, 0.29) is 5.60 Å². The molecule has 0 aromatic heterocycles. The lowest BCUT2D eigenvalue weighted by Gasteiger charge is -2.23. The average Bonchev–Trinajstić information content (AvgIpc) is 2.71. The molecule has 2 rings (SSSR count). The lowest BCUT2D eigenvalue weighted by molar-refractivity contribution is 0.0206. The quantitative estimate of drug-likeness (QED) is 0.863. The van der Waals surface area contributed by atoms with Crippen molar-refractivity contribution in [1.29, 1.82) is 0 Å². The third kappa shape index (κ3) is 3.30. The van der Waals surface area contributed by atoms with Crippen molar-refractivity contribution in [2.45, 2.75) is 45.8 Å². The smallest absolute Gasteiger partial charge is 0.0779 e. The van der Waals surface area contributed by atoms with Gasteiger partial charge in [0.2, 0.25) is 0 Å². The molecule has 1 aromatic rings. The van der Waals surface area contributed by atoms with Crippen molar-refractivity contribution in [3.8, 4) is 0 Å². The number of hydrogen-bond acceptors (Lipinski definition) is 2. The zero-order chi connectivity index (χ0) is 12.3. The average molecular weight is 233 g/mol. The van der Waals surface area contributed by atoms with E-state index in [1.165, 1.54) is 29.5 Å². The first kappa shape index (κ1) is 12.6. The monoisotopic (exact) mass is 233 g/mol. The lowest BCUT2D eigenvalue weighted by Crippen LogP contribution is -2.36. The third-order valence-electron chi connectivity index (χ3n) is 3.62. The summed E-state index contributed by atoms with van der Waals surface area (Å²) in [5.41, 5.74) is 4.14. The molecular weight excluding hydrogens is 210 g/mol. The van der Waals surface area contributed by atoms with E-state index in [0.717, 1.165) is 19.7 Å². The summed E-state index contributed by atoms with van der Waals surface area (Å²) in [6, 6.07) is 6.63. The van der Waals surface area contributed by atoms with E-state index >= 15 is 0 Å². The van der Waals surface area contributed by atoms with Crippen molar-refractivity contribution in [3.05, 3.63) is 34.9 Å². The molecule has 0 saturated carbocycles. The molecule has 1 aliphatic heterocycles. The molecule has 1 aromatic carbocycles. The van der Waals surface area contributed by atoms with Crippen LogP contribution in [0.15, 0.2) is 18.2 Å². The first-order valence-electron chi connectivity index (χ1n) is 6.50. The SMILES string of the molecule is Cc1ccc(C)c(CNCC2(C)CCCO2)c1. The standard InChI is InChI=1S/C15H23NO/c1-12-5-6-13(2)14(9-12)10-16-11-15(3)7-4-8-17-15/h5-6,9,16H,4,7-8,10-11H2,1-3H3. The fraction of sp³-hybridized carbons (Fsp3) is 0.600. The minimum atomic E-state index is 0.0533. The molecule has 17 heavy (non-hydrogen) atoms. The maximum absolute atomic E-state index is 5.77. The Morgan fingerprint density at radius 2 is 2.18 bits per heavy atom. The molecule has 94 valence electrons. The molecule has 1 saturated heterocycles. The number of hydrogen-bond donors (Lipinski definition) is 1. The van der Waals surface area contributed by atoms with Crippen LogP contribution in [0.2, 0.25) is 0 Å². The third-order valence-corrected chi connectivity index (χ3v) is 3.62. The van der Waals surface area contributed by atoms with Gasteiger partial charge >= 0.3 is 0 Å². The normalized spacial score (nSPS) is 24.2. The van der Waals surface area contributed by atoms with Gasteiger partial charge in [0.25, 0.3) is 0 Å². The van der Waals surface area contributed by atoms with Gasteiger partial charge in [0.05, 0.1) is 5.60 Å². The number of benzene rings is 1. The van der Waals surface area contributed by atoms with Crippen LogP contribution in [0.1, 0.15) is 36.5 Å². The van der Waals surface area contributed by atoms with E-state index in [1.807, 2.05) is 0 Å². The van der Waals surface area contributed by atoms with Crippen LogP contribution < -0.4 is 5.32 Å². The molecular formula is C15H23NO. The number of rotatable bonds is 4. The molecule has 0 spiro atoms. The van der Waals surface area contributed by atoms with E-state index in [1.54, 1.807) is 0 Å². The highest BCUT2D eigenvalue weighted by Gasteiger charge is 2.28. The molecule has 1 heterocycles. The second kappa shape index (κ2) is 5.19. The molecule has 1 unspecified atom stereocenters. The van der Waals surface area contributed by atoms with Gasteiger partial charge in [-0.2, -0.15) is 0 Å². The summed E-state index contributed by atoms with van der Waals surface area (Å²) in [5.74, 6) is 0. The van der Waals surface area contributed by atoms with E-state index in [4.69, 9.17) is 4.74 Å². The molecule has 0 radical (unpaired) electrons. The first-order chi connectivity index (χ1) is 8.09.